The maximum absolute atomic E-state index is 6.56. The first-order valence-electron chi connectivity index (χ1n) is 16.2. The summed E-state index contributed by atoms with van der Waals surface area (Å²) in [6, 6.07) is 61.6. The van der Waals surface area contributed by atoms with Crippen molar-refractivity contribution in [3.05, 3.63) is 170 Å². The molecule has 218 valence electrons. The van der Waals surface area contributed by atoms with Gasteiger partial charge in [0.15, 0.2) is 0 Å². The van der Waals surface area contributed by atoms with Crippen molar-refractivity contribution in [2.75, 3.05) is 0 Å². The number of rotatable bonds is 3. The molecular weight excluding hydrogens is 569 g/mol. The fourth-order valence-electron chi connectivity index (χ4n) is 7.62. The van der Waals surface area contributed by atoms with E-state index < -0.39 is 0 Å². The summed E-state index contributed by atoms with van der Waals surface area (Å²) in [5, 5.41) is 12.3. The van der Waals surface area contributed by atoms with E-state index in [4.69, 9.17) is 4.42 Å². The summed E-state index contributed by atoms with van der Waals surface area (Å²) in [6.07, 6.45) is 0. The summed E-state index contributed by atoms with van der Waals surface area (Å²) < 4.78 is 6.56. The summed E-state index contributed by atoms with van der Waals surface area (Å²) >= 11 is 0. The molecule has 0 amide bonds. The van der Waals surface area contributed by atoms with Gasteiger partial charge in [0.25, 0.3) is 0 Å². The average Bonchev–Trinajstić information content (AvgIpc) is 3.50. The van der Waals surface area contributed by atoms with E-state index in [2.05, 4.69) is 170 Å². The molecule has 0 aliphatic carbocycles. The van der Waals surface area contributed by atoms with Crippen LogP contribution < -0.4 is 0 Å². The van der Waals surface area contributed by atoms with E-state index in [1.807, 2.05) is 0 Å². The lowest BCUT2D eigenvalue weighted by molar-refractivity contribution is 0.670. The van der Waals surface area contributed by atoms with Gasteiger partial charge in [0.1, 0.15) is 11.2 Å². The third kappa shape index (κ3) is 4.03. The quantitative estimate of drug-likeness (QED) is 0.185. The lowest BCUT2D eigenvalue weighted by Crippen LogP contribution is -1.91. The van der Waals surface area contributed by atoms with Crippen molar-refractivity contribution in [3.63, 3.8) is 0 Å². The Balaban J connectivity index is 1.15. The molecule has 0 saturated heterocycles. The van der Waals surface area contributed by atoms with Crippen LogP contribution in [0.1, 0.15) is 0 Å². The summed E-state index contributed by atoms with van der Waals surface area (Å²) in [6.45, 7) is 0. The molecule has 0 fully saturated rings. The van der Waals surface area contributed by atoms with Crippen molar-refractivity contribution in [1.82, 2.24) is 0 Å². The van der Waals surface area contributed by atoms with E-state index in [-0.39, 0.29) is 0 Å². The van der Waals surface area contributed by atoms with Crippen molar-refractivity contribution >= 4 is 65.0 Å². The zero-order valence-electron chi connectivity index (χ0n) is 25.6. The third-order valence-electron chi connectivity index (χ3n) is 9.82. The molecule has 1 heterocycles. The van der Waals surface area contributed by atoms with Crippen LogP contribution >= 0.6 is 0 Å². The smallest absolute Gasteiger partial charge is 0.143 e. The minimum Gasteiger partial charge on any atom is -0.455 e. The van der Waals surface area contributed by atoms with E-state index in [1.165, 1.54) is 65.3 Å². The molecule has 10 rings (SSSR count). The van der Waals surface area contributed by atoms with Gasteiger partial charge in [-0.25, -0.2) is 0 Å². The fourth-order valence-corrected chi connectivity index (χ4v) is 7.62. The number of hydrogen-bond donors (Lipinski definition) is 0. The van der Waals surface area contributed by atoms with Gasteiger partial charge in [0.2, 0.25) is 0 Å². The van der Waals surface area contributed by atoms with Crippen LogP contribution in [-0.2, 0) is 0 Å². The lowest BCUT2D eigenvalue weighted by atomic mass is 9.85. The number of benzene rings is 9. The van der Waals surface area contributed by atoms with Gasteiger partial charge < -0.3 is 4.42 Å². The second-order valence-corrected chi connectivity index (χ2v) is 12.5. The SMILES string of the molecule is c1ccc2cc(-c3c4ccccc4c(-c4ccc(-c5cccc6c5oc5cc7ccccc7cc56)cc4)c4ccccc34)ccc2c1. The highest BCUT2D eigenvalue weighted by atomic mass is 16.3. The van der Waals surface area contributed by atoms with Gasteiger partial charge in [-0.2, -0.15) is 0 Å². The maximum atomic E-state index is 6.56. The summed E-state index contributed by atoms with van der Waals surface area (Å²) in [7, 11) is 0. The minimum atomic E-state index is 0.923. The molecule has 47 heavy (non-hydrogen) atoms. The zero-order valence-corrected chi connectivity index (χ0v) is 25.6. The lowest BCUT2D eigenvalue weighted by Gasteiger charge is -2.18. The molecule has 1 aromatic heterocycles. The van der Waals surface area contributed by atoms with Crippen molar-refractivity contribution in [2.45, 2.75) is 0 Å². The number of furan rings is 1. The van der Waals surface area contributed by atoms with Gasteiger partial charge in [0.05, 0.1) is 0 Å². The number of hydrogen-bond acceptors (Lipinski definition) is 1. The first-order chi connectivity index (χ1) is 23.3. The Labute approximate surface area is 271 Å². The number of fused-ring (bicyclic) bond motifs is 7. The Bertz CT molecular complexity index is 2780. The van der Waals surface area contributed by atoms with Gasteiger partial charge in [-0.15, -0.1) is 0 Å². The highest BCUT2D eigenvalue weighted by Crippen LogP contribution is 2.45. The van der Waals surface area contributed by atoms with Gasteiger partial charge in [-0.1, -0.05) is 152 Å². The van der Waals surface area contributed by atoms with Crippen LogP contribution in [0.2, 0.25) is 0 Å². The van der Waals surface area contributed by atoms with E-state index >= 15 is 0 Å². The Morgan fingerprint density at radius 1 is 0.298 bits per heavy atom. The second kappa shape index (κ2) is 10.2. The van der Waals surface area contributed by atoms with Crippen LogP contribution in [0.25, 0.3) is 98.4 Å². The molecule has 0 N–H and O–H groups in total. The van der Waals surface area contributed by atoms with Crippen LogP contribution in [0, 0.1) is 0 Å². The number of para-hydroxylation sites is 1. The van der Waals surface area contributed by atoms with Crippen LogP contribution in [0.15, 0.2) is 174 Å². The molecule has 9 aromatic carbocycles. The monoisotopic (exact) mass is 596 g/mol. The molecule has 0 atom stereocenters. The molecule has 0 spiro atoms. The van der Waals surface area contributed by atoms with Crippen molar-refractivity contribution in [1.29, 1.82) is 0 Å². The van der Waals surface area contributed by atoms with E-state index in [0.717, 1.165) is 33.1 Å². The molecule has 1 nitrogen and oxygen atoms in total. The van der Waals surface area contributed by atoms with Gasteiger partial charge in [-0.05, 0) is 89.1 Å². The first kappa shape index (κ1) is 26.1. The second-order valence-electron chi connectivity index (χ2n) is 12.5. The van der Waals surface area contributed by atoms with Crippen molar-refractivity contribution in [2.24, 2.45) is 0 Å². The first-order valence-corrected chi connectivity index (χ1v) is 16.2. The Morgan fingerprint density at radius 2 is 0.787 bits per heavy atom. The van der Waals surface area contributed by atoms with Crippen molar-refractivity contribution in [3.8, 4) is 33.4 Å². The van der Waals surface area contributed by atoms with Crippen LogP contribution in [0.4, 0.5) is 0 Å². The molecule has 0 radical (unpaired) electrons. The predicted octanol–water partition coefficient (Wildman–Crippen LogP) is 13.2. The highest BCUT2D eigenvalue weighted by molar-refractivity contribution is 6.22. The normalized spacial score (nSPS) is 11.8. The van der Waals surface area contributed by atoms with Crippen LogP contribution in [0.3, 0.4) is 0 Å². The van der Waals surface area contributed by atoms with Crippen LogP contribution in [-0.4, -0.2) is 0 Å². The highest BCUT2D eigenvalue weighted by Gasteiger charge is 2.18. The average molecular weight is 597 g/mol. The zero-order chi connectivity index (χ0) is 30.9. The minimum absolute atomic E-state index is 0.923. The van der Waals surface area contributed by atoms with E-state index in [9.17, 15) is 0 Å². The van der Waals surface area contributed by atoms with Gasteiger partial charge in [0, 0.05) is 16.3 Å². The fraction of sp³-hybridized carbons (Fsp3) is 0. The summed E-state index contributed by atoms with van der Waals surface area (Å²) in [5.74, 6) is 0. The Morgan fingerprint density at radius 3 is 1.45 bits per heavy atom. The topological polar surface area (TPSA) is 13.1 Å². The molecule has 0 bridgehead atoms. The summed E-state index contributed by atoms with van der Waals surface area (Å²) in [5.41, 5.74) is 9.10. The third-order valence-corrected chi connectivity index (χ3v) is 9.82. The van der Waals surface area contributed by atoms with Crippen LogP contribution in [0.5, 0.6) is 0 Å². The predicted molar refractivity (Wildman–Crippen MR) is 200 cm³/mol. The molecule has 1 heteroatoms. The van der Waals surface area contributed by atoms with E-state index in [0.29, 0.717) is 0 Å². The largest absolute Gasteiger partial charge is 0.455 e. The van der Waals surface area contributed by atoms with Gasteiger partial charge >= 0.3 is 0 Å². The molecule has 10 aromatic rings. The summed E-state index contributed by atoms with van der Waals surface area (Å²) in [4.78, 5) is 0. The molecular formula is C46H28O. The Hall–Kier alpha value is -6.18. The molecule has 0 unspecified atom stereocenters. The van der Waals surface area contributed by atoms with Gasteiger partial charge in [-0.3, -0.25) is 0 Å². The maximum Gasteiger partial charge on any atom is 0.143 e. The molecule has 0 aliphatic rings. The Kier molecular flexibility index (Phi) is 5.64. The standard InChI is InChI=1S/C46H28O/c1-2-11-32-26-35(25-20-29(32)10-1)45-39-16-7-5-14-37(39)44(38-15-6-8-17-40(38)45)31-23-21-30(22-24-31)36-18-9-19-41-42-27-33-12-3-4-13-34(33)28-43(42)47-46(36)41/h1-28H. The van der Waals surface area contributed by atoms with Crippen molar-refractivity contribution < 1.29 is 4.42 Å². The molecule has 0 saturated carbocycles. The molecule has 0 aliphatic heterocycles. The van der Waals surface area contributed by atoms with E-state index in [1.54, 1.807) is 0 Å².